The van der Waals surface area contributed by atoms with Crippen molar-refractivity contribution in [1.82, 2.24) is 0 Å². The Morgan fingerprint density at radius 3 is 2.83 bits per heavy atom. The Bertz CT molecular complexity index is 872. The predicted octanol–water partition coefficient (Wildman–Crippen LogP) is 2.69. The first kappa shape index (κ1) is 15.6. The van der Waals surface area contributed by atoms with Gasteiger partial charge in [-0.15, -0.1) is 0 Å². The fourth-order valence-corrected chi connectivity index (χ4v) is 2.64. The summed E-state index contributed by atoms with van der Waals surface area (Å²) < 4.78 is 5.44. The number of carboxylic acids is 1. The molecule has 0 bridgehead atoms. The number of nitrogen functional groups attached to an aromatic ring is 1. The molecule has 122 valence electrons. The van der Waals surface area contributed by atoms with Crippen molar-refractivity contribution in [3.8, 4) is 11.5 Å². The quantitative estimate of drug-likeness (QED) is 0.509. The van der Waals surface area contributed by atoms with Crippen LogP contribution < -0.4 is 10.5 Å². The maximum absolute atomic E-state index is 11.1. The van der Waals surface area contributed by atoms with Gasteiger partial charge in [0.15, 0.2) is 0 Å². The van der Waals surface area contributed by atoms with Crippen LogP contribution in [0.2, 0.25) is 0 Å². The molecule has 24 heavy (non-hydrogen) atoms. The second-order valence-corrected chi connectivity index (χ2v) is 5.44. The number of nitrogens with two attached hydrogens (primary N) is 1. The van der Waals surface area contributed by atoms with Gasteiger partial charge in [-0.1, -0.05) is 12.1 Å². The molecule has 6 heteroatoms. The summed E-state index contributed by atoms with van der Waals surface area (Å²) >= 11 is 0. The number of rotatable bonds is 4. The molecule has 0 amide bonds. The van der Waals surface area contributed by atoms with E-state index >= 15 is 0 Å². The third-order valence-corrected chi connectivity index (χ3v) is 3.87. The van der Waals surface area contributed by atoms with Gasteiger partial charge in [0.25, 0.3) is 0 Å². The number of hydrogen-bond acceptors (Lipinski definition) is 5. The number of nitrogens with one attached hydrogen (secondary N) is 1. The fourth-order valence-electron chi connectivity index (χ4n) is 2.64. The van der Waals surface area contributed by atoms with E-state index < -0.39 is 11.7 Å². The van der Waals surface area contributed by atoms with Gasteiger partial charge in [-0.3, -0.25) is 0 Å². The summed E-state index contributed by atoms with van der Waals surface area (Å²) in [7, 11) is 0. The molecular weight excluding hydrogens is 308 g/mol. The summed E-state index contributed by atoms with van der Waals surface area (Å²) in [6.07, 6.45) is 4.05. The Hall–Kier alpha value is -3.28. The standard InChI is InChI=1S/C18H16N2O4/c19-13(16-14(20)5-3-12(17(16)21)18(22)23)4-1-10-2-6-15-11(9-10)7-8-24-15/h1-6,9,19,21H,7-8,20H2,(H,22,23)/b4-1+,19-13?. The minimum absolute atomic E-state index is 0.00985. The molecular formula is C18H16N2O4. The second kappa shape index (κ2) is 6.08. The van der Waals surface area contributed by atoms with Crippen LogP contribution in [0.5, 0.6) is 11.5 Å². The van der Waals surface area contributed by atoms with Crippen LogP contribution in [0.15, 0.2) is 36.4 Å². The van der Waals surface area contributed by atoms with Gasteiger partial charge in [-0.25, -0.2) is 4.79 Å². The van der Waals surface area contributed by atoms with Gasteiger partial charge in [-0.2, -0.15) is 0 Å². The van der Waals surface area contributed by atoms with Crippen LogP contribution in [0.25, 0.3) is 6.08 Å². The average Bonchev–Trinajstić information content (AvgIpc) is 3.00. The van der Waals surface area contributed by atoms with Crippen molar-refractivity contribution in [2.24, 2.45) is 0 Å². The van der Waals surface area contributed by atoms with Gasteiger partial charge >= 0.3 is 5.97 Å². The lowest BCUT2D eigenvalue weighted by atomic mass is 10.0. The zero-order valence-corrected chi connectivity index (χ0v) is 12.7. The van der Waals surface area contributed by atoms with E-state index in [9.17, 15) is 9.90 Å². The number of aromatic carboxylic acids is 1. The third-order valence-electron chi connectivity index (χ3n) is 3.87. The second-order valence-electron chi connectivity index (χ2n) is 5.44. The highest BCUT2D eigenvalue weighted by molar-refractivity contribution is 6.15. The van der Waals surface area contributed by atoms with Crippen LogP contribution in [0.3, 0.4) is 0 Å². The van der Waals surface area contributed by atoms with Gasteiger partial charge in [0.1, 0.15) is 17.1 Å². The first-order chi connectivity index (χ1) is 11.5. The maximum atomic E-state index is 11.1. The average molecular weight is 324 g/mol. The number of hydrogen-bond donors (Lipinski definition) is 4. The lowest BCUT2D eigenvalue weighted by Gasteiger charge is -2.09. The highest BCUT2D eigenvalue weighted by Gasteiger charge is 2.18. The Morgan fingerprint density at radius 2 is 2.08 bits per heavy atom. The van der Waals surface area contributed by atoms with E-state index in [1.165, 1.54) is 18.2 Å². The molecule has 0 unspecified atom stereocenters. The van der Waals surface area contributed by atoms with E-state index in [0.717, 1.165) is 23.3 Å². The highest BCUT2D eigenvalue weighted by Crippen LogP contribution is 2.29. The molecule has 3 rings (SSSR count). The number of carbonyl (C=O) groups is 1. The number of carboxylic acid groups (broad SMARTS) is 1. The smallest absolute Gasteiger partial charge is 0.339 e. The first-order valence-corrected chi connectivity index (χ1v) is 7.35. The lowest BCUT2D eigenvalue weighted by Crippen LogP contribution is -2.06. The van der Waals surface area contributed by atoms with E-state index in [-0.39, 0.29) is 22.5 Å². The van der Waals surface area contributed by atoms with E-state index in [2.05, 4.69) is 0 Å². The summed E-state index contributed by atoms with van der Waals surface area (Å²) in [6, 6.07) is 8.30. The van der Waals surface area contributed by atoms with Crippen LogP contribution in [-0.2, 0) is 6.42 Å². The van der Waals surface area contributed by atoms with Crippen molar-refractivity contribution in [2.75, 3.05) is 12.3 Å². The van der Waals surface area contributed by atoms with Crippen molar-refractivity contribution in [3.05, 3.63) is 58.7 Å². The zero-order valence-electron chi connectivity index (χ0n) is 12.7. The minimum atomic E-state index is -1.27. The van der Waals surface area contributed by atoms with Crippen LogP contribution >= 0.6 is 0 Å². The molecule has 0 aliphatic carbocycles. The van der Waals surface area contributed by atoms with E-state index in [0.29, 0.717) is 6.61 Å². The van der Waals surface area contributed by atoms with Crippen molar-refractivity contribution < 1.29 is 19.7 Å². The molecule has 0 saturated carbocycles. The monoisotopic (exact) mass is 324 g/mol. The topological polar surface area (TPSA) is 117 Å². The molecule has 6 nitrogen and oxygen atoms in total. The van der Waals surface area contributed by atoms with Crippen molar-refractivity contribution in [3.63, 3.8) is 0 Å². The number of fused-ring (bicyclic) bond motifs is 1. The van der Waals surface area contributed by atoms with Crippen molar-refractivity contribution in [1.29, 1.82) is 5.41 Å². The van der Waals surface area contributed by atoms with Crippen LogP contribution in [-0.4, -0.2) is 28.5 Å². The number of allylic oxidation sites excluding steroid dienone is 1. The number of ether oxygens (including phenoxy) is 1. The summed E-state index contributed by atoms with van der Waals surface area (Å²) in [4.78, 5) is 11.1. The summed E-state index contributed by atoms with van der Waals surface area (Å²) in [6.45, 7) is 0.671. The van der Waals surface area contributed by atoms with Gasteiger partial charge < -0.3 is 26.1 Å². The van der Waals surface area contributed by atoms with Crippen LogP contribution in [0, 0.1) is 5.41 Å². The molecule has 0 fully saturated rings. The molecule has 1 aliphatic heterocycles. The number of phenols is 1. The number of anilines is 1. The Balaban J connectivity index is 1.90. The zero-order chi connectivity index (χ0) is 17.3. The number of benzene rings is 2. The molecule has 0 aromatic heterocycles. The largest absolute Gasteiger partial charge is 0.506 e. The molecule has 2 aromatic carbocycles. The molecule has 1 heterocycles. The SMILES string of the molecule is N=C(/C=C/c1ccc2c(c1)CCO2)c1c(N)ccc(C(=O)O)c1O. The third kappa shape index (κ3) is 2.81. The Morgan fingerprint density at radius 1 is 1.29 bits per heavy atom. The Kier molecular flexibility index (Phi) is 3.95. The normalized spacial score (nSPS) is 12.8. The summed E-state index contributed by atoms with van der Waals surface area (Å²) in [5.74, 6) is -0.901. The maximum Gasteiger partial charge on any atom is 0.339 e. The molecule has 1 aliphatic rings. The molecule has 5 N–H and O–H groups in total. The Labute approximate surface area is 138 Å². The predicted molar refractivity (Wildman–Crippen MR) is 91.0 cm³/mol. The molecule has 0 saturated heterocycles. The molecule has 0 radical (unpaired) electrons. The highest BCUT2D eigenvalue weighted by atomic mass is 16.5. The van der Waals surface area contributed by atoms with Crippen LogP contribution in [0.1, 0.15) is 27.0 Å². The minimum Gasteiger partial charge on any atom is -0.506 e. The first-order valence-electron chi connectivity index (χ1n) is 7.35. The molecule has 0 spiro atoms. The van der Waals surface area contributed by atoms with Crippen molar-refractivity contribution in [2.45, 2.75) is 6.42 Å². The summed E-state index contributed by atoms with van der Waals surface area (Å²) in [5.41, 5.74) is 7.59. The van der Waals surface area contributed by atoms with E-state index in [1.54, 1.807) is 6.08 Å². The van der Waals surface area contributed by atoms with Crippen LogP contribution in [0.4, 0.5) is 5.69 Å². The van der Waals surface area contributed by atoms with Gasteiger partial charge in [0, 0.05) is 12.1 Å². The molecule has 0 atom stereocenters. The van der Waals surface area contributed by atoms with Gasteiger partial charge in [-0.05, 0) is 41.5 Å². The lowest BCUT2D eigenvalue weighted by molar-refractivity contribution is 0.0693. The van der Waals surface area contributed by atoms with Gasteiger partial charge in [0.05, 0.1) is 17.9 Å². The number of aromatic hydroxyl groups is 1. The van der Waals surface area contributed by atoms with Crippen molar-refractivity contribution >= 4 is 23.4 Å². The summed E-state index contributed by atoms with van der Waals surface area (Å²) in [5, 5.41) is 27.2. The fraction of sp³-hybridized carbons (Fsp3) is 0.111. The van der Waals surface area contributed by atoms with Gasteiger partial charge in [0.2, 0.25) is 0 Å². The molecule has 2 aromatic rings. The van der Waals surface area contributed by atoms with E-state index in [1.807, 2.05) is 18.2 Å². The van der Waals surface area contributed by atoms with E-state index in [4.69, 9.17) is 21.0 Å².